The zero-order chi connectivity index (χ0) is 14.4. The Morgan fingerprint density at radius 3 is 2.85 bits per heavy atom. The summed E-state index contributed by atoms with van der Waals surface area (Å²) in [5.74, 6) is -0.526. The van der Waals surface area contributed by atoms with Gasteiger partial charge in [0.25, 0.3) is 0 Å². The number of benzene rings is 1. The Morgan fingerprint density at radius 2 is 2.05 bits per heavy atom. The number of hydrogen-bond donors (Lipinski definition) is 2. The van der Waals surface area contributed by atoms with Crippen molar-refractivity contribution in [1.29, 1.82) is 0 Å². The van der Waals surface area contributed by atoms with Gasteiger partial charge in [0.05, 0.1) is 6.54 Å². The molecule has 20 heavy (non-hydrogen) atoms. The van der Waals surface area contributed by atoms with E-state index >= 15 is 0 Å². The predicted octanol–water partition coefficient (Wildman–Crippen LogP) is 2.46. The largest absolute Gasteiger partial charge is 0.407 e. The summed E-state index contributed by atoms with van der Waals surface area (Å²) >= 11 is 0. The van der Waals surface area contributed by atoms with Crippen LogP contribution in [0.1, 0.15) is 24.8 Å². The maximum Gasteiger partial charge on any atom is 0.315 e. The number of halogens is 2. The molecular formula is C13H16F2N4O. The molecule has 2 rings (SSSR count). The zero-order valence-electron chi connectivity index (χ0n) is 11.1. The van der Waals surface area contributed by atoms with Crippen molar-refractivity contribution in [3.63, 3.8) is 0 Å². The standard InChI is InChI=1S/C13H16F2N4O/c1-2-5-16-8-12-18-19-13(20-12)17-7-9-6-10(14)3-4-11(9)15/h3-4,6,16H,2,5,7-8H2,1H3,(H,17,19). The number of nitrogens with one attached hydrogen (secondary N) is 2. The van der Waals surface area contributed by atoms with Crippen LogP contribution in [0, 0.1) is 11.6 Å². The molecule has 108 valence electrons. The van der Waals surface area contributed by atoms with E-state index in [1.165, 1.54) is 0 Å². The fourth-order valence-corrected chi connectivity index (χ4v) is 1.62. The first kappa shape index (κ1) is 14.4. The Balaban J connectivity index is 1.89. The van der Waals surface area contributed by atoms with Gasteiger partial charge in [0.1, 0.15) is 11.6 Å². The lowest BCUT2D eigenvalue weighted by atomic mass is 10.2. The topological polar surface area (TPSA) is 63.0 Å². The van der Waals surface area contributed by atoms with Crippen LogP contribution in [0.5, 0.6) is 0 Å². The van der Waals surface area contributed by atoms with Crippen molar-refractivity contribution in [3.8, 4) is 0 Å². The first-order valence-electron chi connectivity index (χ1n) is 6.40. The van der Waals surface area contributed by atoms with Crippen molar-refractivity contribution >= 4 is 6.01 Å². The van der Waals surface area contributed by atoms with E-state index in [1.807, 2.05) is 0 Å². The molecule has 0 fully saturated rings. The molecule has 0 unspecified atom stereocenters. The summed E-state index contributed by atoms with van der Waals surface area (Å²) in [4.78, 5) is 0. The van der Waals surface area contributed by atoms with Gasteiger partial charge in [-0.15, -0.1) is 5.10 Å². The van der Waals surface area contributed by atoms with Gasteiger partial charge in [-0.25, -0.2) is 8.78 Å². The maximum atomic E-state index is 13.4. The minimum absolute atomic E-state index is 0.0770. The van der Waals surface area contributed by atoms with E-state index in [1.54, 1.807) is 0 Å². The molecule has 0 saturated heterocycles. The van der Waals surface area contributed by atoms with Crippen molar-refractivity contribution in [2.45, 2.75) is 26.4 Å². The number of aromatic nitrogens is 2. The summed E-state index contributed by atoms with van der Waals surface area (Å²) in [6, 6.07) is 3.47. The highest BCUT2D eigenvalue weighted by Gasteiger charge is 2.08. The summed E-state index contributed by atoms with van der Waals surface area (Å²) < 4.78 is 31.7. The van der Waals surface area contributed by atoms with Gasteiger partial charge in [0.15, 0.2) is 0 Å². The summed E-state index contributed by atoms with van der Waals surface area (Å²) in [6.07, 6.45) is 1.01. The van der Waals surface area contributed by atoms with E-state index in [-0.39, 0.29) is 18.1 Å². The lowest BCUT2D eigenvalue weighted by Crippen LogP contribution is -2.13. The molecule has 5 nitrogen and oxygen atoms in total. The van der Waals surface area contributed by atoms with Crippen LogP contribution >= 0.6 is 0 Å². The monoisotopic (exact) mass is 282 g/mol. The van der Waals surface area contributed by atoms with Gasteiger partial charge in [-0.3, -0.25) is 0 Å². The molecule has 0 radical (unpaired) electrons. The fourth-order valence-electron chi connectivity index (χ4n) is 1.62. The third-order valence-electron chi connectivity index (χ3n) is 2.61. The molecule has 7 heteroatoms. The van der Waals surface area contributed by atoms with Gasteiger partial charge in [-0.1, -0.05) is 12.0 Å². The molecular weight excluding hydrogens is 266 g/mol. The number of hydrogen-bond acceptors (Lipinski definition) is 5. The van der Waals surface area contributed by atoms with Gasteiger partial charge in [0.2, 0.25) is 5.89 Å². The van der Waals surface area contributed by atoms with E-state index in [0.717, 1.165) is 31.2 Å². The van der Waals surface area contributed by atoms with Crippen molar-refractivity contribution in [3.05, 3.63) is 41.3 Å². The quantitative estimate of drug-likeness (QED) is 0.764. The normalized spacial score (nSPS) is 10.8. The SMILES string of the molecule is CCCNCc1nnc(NCc2cc(F)ccc2F)o1. The molecule has 0 spiro atoms. The molecule has 2 aromatic rings. The summed E-state index contributed by atoms with van der Waals surface area (Å²) in [6.45, 7) is 3.48. The second kappa shape index (κ2) is 6.95. The van der Waals surface area contributed by atoms with Gasteiger partial charge < -0.3 is 15.1 Å². The molecule has 0 bridgehead atoms. The Morgan fingerprint density at radius 1 is 1.20 bits per heavy atom. The van der Waals surface area contributed by atoms with Crippen LogP contribution in [-0.4, -0.2) is 16.7 Å². The Bertz CT molecular complexity index is 559. The highest BCUT2D eigenvalue weighted by molar-refractivity contribution is 5.25. The van der Waals surface area contributed by atoms with Gasteiger partial charge in [0, 0.05) is 12.1 Å². The van der Waals surface area contributed by atoms with Crippen LogP contribution in [0.15, 0.2) is 22.6 Å². The molecule has 0 aliphatic carbocycles. The molecule has 0 aliphatic heterocycles. The lowest BCUT2D eigenvalue weighted by molar-refractivity contribution is 0.476. The van der Waals surface area contributed by atoms with E-state index in [2.05, 4.69) is 27.8 Å². The third-order valence-corrected chi connectivity index (χ3v) is 2.61. The van der Waals surface area contributed by atoms with Crippen LogP contribution in [0.3, 0.4) is 0 Å². The molecule has 2 N–H and O–H groups in total. The average molecular weight is 282 g/mol. The van der Waals surface area contributed by atoms with Gasteiger partial charge >= 0.3 is 6.01 Å². The Labute approximate surface area is 115 Å². The first-order chi connectivity index (χ1) is 9.69. The minimum atomic E-state index is -0.488. The van der Waals surface area contributed by atoms with Gasteiger partial charge in [-0.2, -0.15) is 0 Å². The lowest BCUT2D eigenvalue weighted by Gasteiger charge is -2.03. The molecule has 1 aromatic heterocycles. The van der Waals surface area contributed by atoms with Crippen LogP contribution < -0.4 is 10.6 Å². The van der Waals surface area contributed by atoms with Crippen LogP contribution in [0.25, 0.3) is 0 Å². The minimum Gasteiger partial charge on any atom is -0.407 e. The third kappa shape index (κ3) is 3.99. The number of rotatable bonds is 7. The van der Waals surface area contributed by atoms with E-state index in [0.29, 0.717) is 12.4 Å². The second-order valence-corrected chi connectivity index (χ2v) is 4.27. The van der Waals surface area contributed by atoms with Crippen molar-refractivity contribution in [2.75, 3.05) is 11.9 Å². The summed E-state index contributed by atoms with van der Waals surface area (Å²) in [5.41, 5.74) is 0.203. The smallest absolute Gasteiger partial charge is 0.315 e. The van der Waals surface area contributed by atoms with Crippen LogP contribution in [0.2, 0.25) is 0 Å². The summed E-state index contributed by atoms with van der Waals surface area (Å²) in [7, 11) is 0. The van der Waals surface area contributed by atoms with E-state index in [4.69, 9.17) is 4.42 Å². The number of anilines is 1. The molecule has 1 aromatic carbocycles. The Kier molecular flexibility index (Phi) is 5.00. The van der Waals surface area contributed by atoms with Crippen LogP contribution in [0.4, 0.5) is 14.8 Å². The molecule has 1 heterocycles. The Hall–Kier alpha value is -2.02. The van der Waals surface area contributed by atoms with Crippen molar-refractivity contribution in [1.82, 2.24) is 15.5 Å². The van der Waals surface area contributed by atoms with Crippen LogP contribution in [-0.2, 0) is 13.1 Å². The highest BCUT2D eigenvalue weighted by atomic mass is 19.1. The van der Waals surface area contributed by atoms with E-state index in [9.17, 15) is 8.78 Å². The number of nitrogens with zero attached hydrogens (tertiary/aromatic N) is 2. The molecule has 0 aliphatic rings. The fraction of sp³-hybridized carbons (Fsp3) is 0.385. The summed E-state index contributed by atoms with van der Waals surface area (Å²) in [5, 5.41) is 13.5. The first-order valence-corrected chi connectivity index (χ1v) is 6.40. The molecule has 0 saturated carbocycles. The molecule has 0 amide bonds. The van der Waals surface area contributed by atoms with Crippen molar-refractivity contribution < 1.29 is 13.2 Å². The van der Waals surface area contributed by atoms with Gasteiger partial charge in [-0.05, 0) is 31.2 Å². The highest BCUT2D eigenvalue weighted by Crippen LogP contribution is 2.12. The van der Waals surface area contributed by atoms with Crippen molar-refractivity contribution in [2.24, 2.45) is 0 Å². The predicted molar refractivity (Wildman–Crippen MR) is 70.0 cm³/mol. The zero-order valence-corrected chi connectivity index (χ0v) is 11.1. The average Bonchev–Trinajstić information content (AvgIpc) is 2.88. The maximum absolute atomic E-state index is 13.4. The van der Waals surface area contributed by atoms with E-state index < -0.39 is 11.6 Å². The molecule has 0 atom stereocenters. The second-order valence-electron chi connectivity index (χ2n) is 4.27.